The normalized spacial score (nSPS) is 11.2. The van der Waals surface area contributed by atoms with Gasteiger partial charge in [0.05, 0.1) is 11.3 Å². The van der Waals surface area contributed by atoms with E-state index in [-0.39, 0.29) is 5.91 Å². The zero-order chi connectivity index (χ0) is 26.2. The average Bonchev–Trinajstić information content (AvgIpc) is 3.35. The van der Waals surface area contributed by atoms with Crippen LogP contribution in [-0.4, -0.2) is 20.9 Å². The number of carbonyl (C=O) groups excluding carboxylic acids is 1. The van der Waals surface area contributed by atoms with E-state index in [9.17, 15) is 9.59 Å². The number of rotatable bonds is 5. The lowest BCUT2D eigenvalue weighted by Crippen LogP contribution is -2.13. The van der Waals surface area contributed by atoms with E-state index in [0.29, 0.717) is 33.5 Å². The van der Waals surface area contributed by atoms with Crippen molar-refractivity contribution in [3.8, 4) is 16.8 Å². The van der Waals surface area contributed by atoms with Crippen molar-refractivity contribution in [3.05, 3.63) is 118 Å². The highest BCUT2D eigenvalue weighted by Crippen LogP contribution is 2.25. The van der Waals surface area contributed by atoms with E-state index >= 15 is 0 Å². The lowest BCUT2D eigenvalue weighted by atomic mass is 10.0. The quantitative estimate of drug-likeness (QED) is 0.280. The standard InChI is InChI=1S/C31H24N4O3/c1-3-20-8-14-24(15-9-20)35-33-27-16-19(2)26(18-28(27)34-35)32-30(36)22-12-10-21(11-13-22)25-17-23-6-4-5-7-29(23)38-31(25)37/h4-18H,3H2,1-2H3,(H,32,36). The minimum Gasteiger partial charge on any atom is -0.422 e. The number of aryl methyl sites for hydroxylation is 2. The lowest BCUT2D eigenvalue weighted by molar-refractivity contribution is 0.102. The number of hydrogen-bond acceptors (Lipinski definition) is 5. The Bertz CT molecular complexity index is 1870. The molecule has 2 heterocycles. The highest BCUT2D eigenvalue weighted by Gasteiger charge is 2.13. The van der Waals surface area contributed by atoms with Gasteiger partial charge in [0.15, 0.2) is 0 Å². The third-order valence-electron chi connectivity index (χ3n) is 6.65. The maximum absolute atomic E-state index is 13.0. The Morgan fingerprint density at radius 3 is 2.34 bits per heavy atom. The third-order valence-corrected chi connectivity index (χ3v) is 6.65. The number of anilines is 1. The molecule has 0 bridgehead atoms. The third kappa shape index (κ3) is 4.35. The van der Waals surface area contributed by atoms with Crippen molar-refractivity contribution in [1.29, 1.82) is 0 Å². The first-order chi connectivity index (χ1) is 18.5. The Morgan fingerprint density at radius 1 is 0.895 bits per heavy atom. The minimum absolute atomic E-state index is 0.257. The minimum atomic E-state index is -0.417. The predicted molar refractivity (Wildman–Crippen MR) is 149 cm³/mol. The molecule has 0 aliphatic rings. The number of benzene rings is 4. The van der Waals surface area contributed by atoms with Crippen LogP contribution in [0.15, 0.2) is 100 Å². The number of amides is 1. The summed E-state index contributed by atoms with van der Waals surface area (Å²) in [5.41, 5.74) is 6.83. The van der Waals surface area contributed by atoms with Crippen molar-refractivity contribution in [2.24, 2.45) is 0 Å². The molecule has 1 N–H and O–H groups in total. The molecule has 0 aliphatic heterocycles. The van der Waals surface area contributed by atoms with Gasteiger partial charge in [0.25, 0.3) is 5.91 Å². The van der Waals surface area contributed by atoms with Gasteiger partial charge in [-0.15, -0.1) is 10.2 Å². The Hall–Kier alpha value is -5.04. The first-order valence-corrected chi connectivity index (χ1v) is 12.4. The molecule has 0 saturated carbocycles. The summed E-state index contributed by atoms with van der Waals surface area (Å²) in [6.45, 7) is 4.04. The molecule has 0 radical (unpaired) electrons. The van der Waals surface area contributed by atoms with Gasteiger partial charge in [-0.1, -0.05) is 49.4 Å². The first-order valence-electron chi connectivity index (χ1n) is 12.4. The summed E-state index contributed by atoms with van der Waals surface area (Å²) in [4.78, 5) is 27.2. The number of nitrogens with one attached hydrogen (secondary N) is 1. The monoisotopic (exact) mass is 500 g/mol. The second-order valence-electron chi connectivity index (χ2n) is 9.18. The Morgan fingerprint density at radius 2 is 1.61 bits per heavy atom. The van der Waals surface area contributed by atoms with Gasteiger partial charge in [-0.3, -0.25) is 4.79 Å². The molecule has 0 spiro atoms. The molecule has 0 saturated heterocycles. The van der Waals surface area contributed by atoms with Crippen LogP contribution in [0, 0.1) is 6.92 Å². The van der Waals surface area contributed by atoms with E-state index in [2.05, 4.69) is 34.6 Å². The first kappa shape index (κ1) is 23.4. The molecular weight excluding hydrogens is 476 g/mol. The van der Waals surface area contributed by atoms with Crippen molar-refractivity contribution < 1.29 is 9.21 Å². The molecule has 0 aliphatic carbocycles. The summed E-state index contributed by atoms with van der Waals surface area (Å²) in [6.07, 6.45) is 0.971. The molecule has 7 heteroatoms. The van der Waals surface area contributed by atoms with Gasteiger partial charge in [-0.25, -0.2) is 4.79 Å². The number of aromatic nitrogens is 3. The second kappa shape index (κ2) is 9.44. The SMILES string of the molecule is CCc1ccc(-n2nc3cc(C)c(NC(=O)c4ccc(-c5cc6ccccc6oc5=O)cc4)cc3n2)cc1. The van der Waals surface area contributed by atoms with Crippen LogP contribution in [-0.2, 0) is 6.42 Å². The van der Waals surface area contributed by atoms with E-state index < -0.39 is 5.63 Å². The van der Waals surface area contributed by atoms with Gasteiger partial charge >= 0.3 is 5.63 Å². The molecule has 186 valence electrons. The Labute approximate surface area is 218 Å². The average molecular weight is 501 g/mol. The molecule has 6 rings (SSSR count). The van der Waals surface area contributed by atoms with Gasteiger partial charge in [0, 0.05) is 16.6 Å². The van der Waals surface area contributed by atoms with Gasteiger partial charge in [0.2, 0.25) is 0 Å². The van der Waals surface area contributed by atoms with Crippen LogP contribution in [0.3, 0.4) is 0 Å². The lowest BCUT2D eigenvalue weighted by Gasteiger charge is -2.09. The number of para-hydroxylation sites is 1. The molecule has 0 fully saturated rings. The fraction of sp³-hybridized carbons (Fsp3) is 0.0968. The van der Waals surface area contributed by atoms with Crippen molar-refractivity contribution in [3.63, 3.8) is 0 Å². The van der Waals surface area contributed by atoms with Crippen LogP contribution in [0.25, 0.3) is 38.8 Å². The fourth-order valence-electron chi connectivity index (χ4n) is 4.44. The summed E-state index contributed by atoms with van der Waals surface area (Å²) < 4.78 is 5.44. The van der Waals surface area contributed by atoms with Gasteiger partial charge in [-0.05, 0) is 78.6 Å². The molecule has 0 unspecified atom stereocenters. The largest absolute Gasteiger partial charge is 0.422 e. The number of nitrogens with zero attached hydrogens (tertiary/aromatic N) is 3. The van der Waals surface area contributed by atoms with Crippen molar-refractivity contribution in [1.82, 2.24) is 15.0 Å². The van der Waals surface area contributed by atoms with Crippen molar-refractivity contribution >= 4 is 33.6 Å². The maximum Gasteiger partial charge on any atom is 0.344 e. The van der Waals surface area contributed by atoms with Crippen LogP contribution in [0.1, 0.15) is 28.4 Å². The van der Waals surface area contributed by atoms with Gasteiger partial charge in [-0.2, -0.15) is 4.80 Å². The molecule has 38 heavy (non-hydrogen) atoms. The smallest absolute Gasteiger partial charge is 0.344 e. The maximum atomic E-state index is 13.0. The van der Waals surface area contributed by atoms with Gasteiger partial charge < -0.3 is 9.73 Å². The number of hydrogen-bond donors (Lipinski definition) is 1. The zero-order valence-corrected chi connectivity index (χ0v) is 20.9. The van der Waals surface area contributed by atoms with Crippen LogP contribution in [0.4, 0.5) is 5.69 Å². The van der Waals surface area contributed by atoms with E-state index in [4.69, 9.17) is 4.42 Å². The molecular formula is C31H24N4O3. The number of carbonyl (C=O) groups is 1. The molecule has 4 aromatic carbocycles. The second-order valence-corrected chi connectivity index (χ2v) is 9.18. The van der Waals surface area contributed by atoms with E-state index in [1.54, 1.807) is 41.2 Å². The summed E-state index contributed by atoms with van der Waals surface area (Å²) >= 11 is 0. The fourth-order valence-corrected chi connectivity index (χ4v) is 4.44. The van der Waals surface area contributed by atoms with Crippen LogP contribution in [0.2, 0.25) is 0 Å². The van der Waals surface area contributed by atoms with Crippen LogP contribution >= 0.6 is 0 Å². The van der Waals surface area contributed by atoms with Gasteiger partial charge in [0.1, 0.15) is 16.6 Å². The number of fused-ring (bicyclic) bond motifs is 2. The summed E-state index contributed by atoms with van der Waals surface area (Å²) in [5.74, 6) is -0.257. The highest BCUT2D eigenvalue weighted by molar-refractivity contribution is 6.05. The predicted octanol–water partition coefficient (Wildman–Crippen LogP) is 6.32. The molecule has 2 aromatic heterocycles. The van der Waals surface area contributed by atoms with Crippen LogP contribution in [0.5, 0.6) is 0 Å². The highest BCUT2D eigenvalue weighted by atomic mass is 16.4. The van der Waals surface area contributed by atoms with E-state index in [1.165, 1.54) is 5.56 Å². The van der Waals surface area contributed by atoms with Crippen LogP contribution < -0.4 is 10.9 Å². The molecule has 0 atom stereocenters. The van der Waals surface area contributed by atoms with E-state index in [1.807, 2.05) is 49.4 Å². The van der Waals surface area contributed by atoms with E-state index in [0.717, 1.165) is 28.6 Å². The topological polar surface area (TPSA) is 90.0 Å². The zero-order valence-electron chi connectivity index (χ0n) is 20.9. The molecule has 7 nitrogen and oxygen atoms in total. The summed E-state index contributed by atoms with van der Waals surface area (Å²) in [5, 5.41) is 13.0. The summed E-state index contributed by atoms with van der Waals surface area (Å²) in [7, 11) is 0. The Kier molecular flexibility index (Phi) is 5.81. The Balaban J connectivity index is 1.24. The summed E-state index contributed by atoms with van der Waals surface area (Å²) in [6, 6.07) is 28.0. The van der Waals surface area contributed by atoms with Crippen molar-refractivity contribution in [2.45, 2.75) is 20.3 Å². The molecule has 6 aromatic rings. The van der Waals surface area contributed by atoms with Crippen molar-refractivity contribution in [2.75, 3.05) is 5.32 Å². The molecule has 1 amide bonds.